The second kappa shape index (κ2) is 8.68. The van der Waals surface area contributed by atoms with Crippen LogP contribution in [-0.2, 0) is 12.4 Å². The van der Waals surface area contributed by atoms with E-state index in [9.17, 15) is 35.5 Å². The van der Waals surface area contributed by atoms with Crippen LogP contribution in [0.2, 0.25) is 0 Å². The number of halogens is 7. The summed E-state index contributed by atoms with van der Waals surface area (Å²) in [5, 5.41) is 0. The zero-order chi connectivity index (χ0) is 24.6. The molecule has 3 rings (SSSR count). The number of anilines is 1. The first kappa shape index (κ1) is 24.0. The number of nitrogens with zero attached hydrogens (tertiary/aromatic N) is 3. The molecule has 33 heavy (non-hydrogen) atoms. The van der Waals surface area contributed by atoms with Gasteiger partial charge in [-0.2, -0.15) is 26.3 Å². The number of amides is 1. The molecule has 12 heteroatoms. The minimum absolute atomic E-state index is 0.0249. The Labute approximate surface area is 182 Å². The van der Waals surface area contributed by atoms with Gasteiger partial charge in [0.05, 0.1) is 36.3 Å². The molecule has 1 amide bonds. The van der Waals surface area contributed by atoms with Gasteiger partial charge in [-0.25, -0.2) is 9.37 Å². The van der Waals surface area contributed by atoms with Gasteiger partial charge in [-0.15, -0.1) is 0 Å². The quantitative estimate of drug-likeness (QED) is 0.463. The molecule has 0 saturated carbocycles. The van der Waals surface area contributed by atoms with E-state index in [1.54, 1.807) is 0 Å². The van der Waals surface area contributed by atoms with Crippen molar-refractivity contribution in [3.8, 4) is 17.0 Å². The predicted octanol–water partition coefficient (Wildman–Crippen LogP) is 5.61. The summed E-state index contributed by atoms with van der Waals surface area (Å²) in [6.45, 7) is 0. The summed E-state index contributed by atoms with van der Waals surface area (Å²) in [4.78, 5) is 21.4. The second-order valence-electron chi connectivity index (χ2n) is 6.76. The summed E-state index contributed by atoms with van der Waals surface area (Å²) in [6, 6.07) is 3.00. The van der Waals surface area contributed by atoms with E-state index in [0.717, 1.165) is 30.4 Å². The van der Waals surface area contributed by atoms with E-state index in [1.165, 1.54) is 19.4 Å². The fourth-order valence-electron chi connectivity index (χ4n) is 3.04. The van der Waals surface area contributed by atoms with Crippen LogP contribution in [-0.4, -0.2) is 30.0 Å². The van der Waals surface area contributed by atoms with E-state index < -0.39 is 40.8 Å². The number of pyridine rings is 2. The van der Waals surface area contributed by atoms with Crippen molar-refractivity contribution in [2.24, 2.45) is 0 Å². The lowest BCUT2D eigenvalue weighted by molar-refractivity contribution is -0.143. The van der Waals surface area contributed by atoms with Crippen molar-refractivity contribution in [2.45, 2.75) is 12.4 Å². The standard InChI is InChI=1S/C21H14F7N3O2/c1-31(17-10-29-4-3-15(17)16-8-14(22)9-30-18(16)33-2)19(32)11-5-12(20(23,24)25)7-13(6-11)21(26,27)28/h3-10H,1-2H3. The Kier molecular flexibility index (Phi) is 6.30. The number of carbonyl (C=O) groups excluding carboxylic acids is 1. The molecule has 0 aliphatic rings. The molecule has 0 bridgehead atoms. The largest absolute Gasteiger partial charge is 0.481 e. The Bertz CT molecular complexity index is 1160. The van der Waals surface area contributed by atoms with Crippen LogP contribution in [0, 0.1) is 5.82 Å². The molecule has 0 radical (unpaired) electrons. The number of carbonyl (C=O) groups is 1. The van der Waals surface area contributed by atoms with Crippen LogP contribution in [0.4, 0.5) is 36.4 Å². The van der Waals surface area contributed by atoms with Gasteiger partial charge in [-0.1, -0.05) is 0 Å². The number of benzene rings is 1. The van der Waals surface area contributed by atoms with Crippen LogP contribution in [0.25, 0.3) is 11.1 Å². The molecule has 0 atom stereocenters. The van der Waals surface area contributed by atoms with Crippen molar-refractivity contribution in [1.29, 1.82) is 0 Å². The lowest BCUT2D eigenvalue weighted by Gasteiger charge is -2.22. The number of aromatic nitrogens is 2. The molecule has 1 aromatic carbocycles. The van der Waals surface area contributed by atoms with Crippen molar-refractivity contribution < 1.29 is 40.3 Å². The number of rotatable bonds is 4. The van der Waals surface area contributed by atoms with E-state index in [4.69, 9.17) is 4.74 Å². The molecular formula is C21H14F7N3O2. The highest BCUT2D eigenvalue weighted by atomic mass is 19.4. The highest BCUT2D eigenvalue weighted by Gasteiger charge is 2.38. The summed E-state index contributed by atoms with van der Waals surface area (Å²) < 4.78 is 97.9. The Hall–Kier alpha value is -3.70. The fourth-order valence-corrected chi connectivity index (χ4v) is 3.04. The highest BCUT2D eigenvalue weighted by Crippen LogP contribution is 2.38. The van der Waals surface area contributed by atoms with Crippen molar-refractivity contribution in [3.05, 3.63) is 71.4 Å². The minimum atomic E-state index is -5.12. The number of alkyl halides is 6. The maximum absolute atomic E-state index is 13.8. The zero-order valence-corrected chi connectivity index (χ0v) is 16.9. The highest BCUT2D eigenvalue weighted by molar-refractivity contribution is 6.08. The van der Waals surface area contributed by atoms with E-state index in [0.29, 0.717) is 12.1 Å². The lowest BCUT2D eigenvalue weighted by atomic mass is 10.0. The number of ether oxygens (including phenoxy) is 1. The molecule has 0 saturated heterocycles. The summed E-state index contributed by atoms with van der Waals surface area (Å²) in [5.41, 5.74) is -3.88. The van der Waals surface area contributed by atoms with Gasteiger partial charge in [-0.3, -0.25) is 9.78 Å². The van der Waals surface area contributed by atoms with Crippen molar-refractivity contribution in [2.75, 3.05) is 19.1 Å². The van der Waals surface area contributed by atoms with Gasteiger partial charge in [0.1, 0.15) is 5.82 Å². The Morgan fingerprint density at radius 1 is 0.939 bits per heavy atom. The molecule has 0 aliphatic carbocycles. The van der Waals surface area contributed by atoms with Gasteiger partial charge in [0.2, 0.25) is 5.88 Å². The summed E-state index contributed by atoms with van der Waals surface area (Å²) in [5.74, 6) is -1.94. The molecule has 3 aromatic rings. The smallest absolute Gasteiger partial charge is 0.416 e. The third-order valence-electron chi connectivity index (χ3n) is 4.60. The molecule has 0 fully saturated rings. The molecule has 5 nitrogen and oxygen atoms in total. The summed E-state index contributed by atoms with van der Waals surface area (Å²) in [6.07, 6.45) is -6.90. The normalized spacial score (nSPS) is 11.9. The van der Waals surface area contributed by atoms with Gasteiger partial charge < -0.3 is 9.64 Å². The average molecular weight is 473 g/mol. The Morgan fingerprint density at radius 3 is 2.09 bits per heavy atom. The molecular weight excluding hydrogens is 459 g/mol. The third-order valence-corrected chi connectivity index (χ3v) is 4.60. The molecule has 0 spiro atoms. The second-order valence-corrected chi connectivity index (χ2v) is 6.76. The van der Waals surface area contributed by atoms with Gasteiger partial charge in [-0.05, 0) is 30.3 Å². The van der Waals surface area contributed by atoms with Crippen LogP contribution >= 0.6 is 0 Å². The van der Waals surface area contributed by atoms with Crippen LogP contribution < -0.4 is 9.64 Å². The maximum Gasteiger partial charge on any atom is 0.416 e. The van der Waals surface area contributed by atoms with E-state index in [-0.39, 0.29) is 28.8 Å². The first-order chi connectivity index (χ1) is 15.3. The monoisotopic (exact) mass is 473 g/mol. The SMILES string of the molecule is COc1ncc(F)cc1-c1ccncc1N(C)C(=O)c1cc(C(F)(F)F)cc(C(F)(F)F)c1. The number of methoxy groups -OCH3 is 1. The number of hydrogen-bond donors (Lipinski definition) is 0. The maximum atomic E-state index is 13.8. The molecule has 2 heterocycles. The van der Waals surface area contributed by atoms with Crippen LogP contribution in [0.1, 0.15) is 21.5 Å². The Morgan fingerprint density at radius 2 is 1.55 bits per heavy atom. The number of hydrogen-bond acceptors (Lipinski definition) is 4. The predicted molar refractivity (Wildman–Crippen MR) is 103 cm³/mol. The topological polar surface area (TPSA) is 55.3 Å². The summed E-state index contributed by atoms with van der Waals surface area (Å²) in [7, 11) is 2.40. The minimum Gasteiger partial charge on any atom is -0.481 e. The Balaban J connectivity index is 2.13. The molecule has 0 unspecified atom stereocenters. The lowest BCUT2D eigenvalue weighted by Crippen LogP contribution is -2.28. The van der Waals surface area contributed by atoms with Crippen molar-refractivity contribution in [3.63, 3.8) is 0 Å². The van der Waals surface area contributed by atoms with Crippen LogP contribution in [0.3, 0.4) is 0 Å². The molecule has 2 aromatic heterocycles. The van der Waals surface area contributed by atoms with Gasteiger partial charge in [0.15, 0.2) is 0 Å². The van der Waals surface area contributed by atoms with Crippen molar-refractivity contribution >= 4 is 11.6 Å². The fraction of sp³-hybridized carbons (Fsp3) is 0.190. The van der Waals surface area contributed by atoms with E-state index in [2.05, 4.69) is 9.97 Å². The first-order valence-electron chi connectivity index (χ1n) is 9.04. The molecule has 0 N–H and O–H groups in total. The first-order valence-corrected chi connectivity index (χ1v) is 9.04. The van der Waals surface area contributed by atoms with E-state index >= 15 is 0 Å². The van der Waals surface area contributed by atoms with E-state index in [1.807, 2.05) is 0 Å². The van der Waals surface area contributed by atoms with Gasteiger partial charge >= 0.3 is 12.4 Å². The van der Waals surface area contributed by atoms with Gasteiger partial charge in [0.25, 0.3) is 5.91 Å². The average Bonchev–Trinajstić information content (AvgIpc) is 2.76. The van der Waals surface area contributed by atoms with Gasteiger partial charge in [0, 0.05) is 29.9 Å². The van der Waals surface area contributed by atoms with Crippen LogP contribution in [0.5, 0.6) is 5.88 Å². The molecule has 174 valence electrons. The molecule has 0 aliphatic heterocycles. The van der Waals surface area contributed by atoms with Crippen molar-refractivity contribution in [1.82, 2.24) is 9.97 Å². The zero-order valence-electron chi connectivity index (χ0n) is 16.9. The third kappa shape index (κ3) is 5.04. The van der Waals surface area contributed by atoms with Crippen LogP contribution in [0.15, 0.2) is 48.9 Å². The summed E-state index contributed by atoms with van der Waals surface area (Å²) >= 11 is 0.